The van der Waals surface area contributed by atoms with Crippen molar-refractivity contribution in [2.75, 3.05) is 0 Å². The van der Waals surface area contributed by atoms with Gasteiger partial charge in [-0.05, 0) is 133 Å². The quantitative estimate of drug-likeness (QED) is 0.121. The standard InChI is InChI=1S/C47H42F6O6S2/c1-31-7-23-39(24-8-31)60(54,55)41-27-15-33(16-28-41)44(5,6)59-38-19-11-35(12-20-38)45(46(48,49)50,47(51,52)53)34-9-17-36(18-10-34)58-37-21-29-42(30-22-37)61(56,57)40-25-13-32(14-26-40)43(2,3)4/h7-30H,1-6H3. The smallest absolute Gasteiger partial charge is 0.411 e. The molecule has 0 heterocycles. The molecule has 0 saturated carbocycles. The monoisotopic (exact) mass is 880 g/mol. The topological polar surface area (TPSA) is 86.7 Å². The molecule has 0 bridgehead atoms. The lowest BCUT2D eigenvalue weighted by atomic mass is 9.73. The van der Waals surface area contributed by atoms with Crippen LogP contribution < -0.4 is 9.47 Å². The molecule has 0 radical (unpaired) electrons. The maximum Gasteiger partial charge on any atom is 0.411 e. The van der Waals surface area contributed by atoms with Gasteiger partial charge in [0.2, 0.25) is 25.1 Å². The van der Waals surface area contributed by atoms with Crippen LogP contribution in [-0.4, -0.2) is 29.2 Å². The Morgan fingerprint density at radius 1 is 0.393 bits per heavy atom. The average Bonchev–Trinajstić information content (AvgIpc) is 3.18. The minimum Gasteiger partial charge on any atom is -0.483 e. The van der Waals surface area contributed by atoms with Crippen LogP contribution in [0.25, 0.3) is 0 Å². The lowest BCUT2D eigenvalue weighted by Gasteiger charge is -2.38. The summed E-state index contributed by atoms with van der Waals surface area (Å²) >= 11 is 0. The highest BCUT2D eigenvalue weighted by Gasteiger charge is 2.72. The third kappa shape index (κ3) is 8.92. The molecular formula is C47H42F6O6S2. The van der Waals surface area contributed by atoms with E-state index in [0.717, 1.165) is 35.4 Å². The summed E-state index contributed by atoms with van der Waals surface area (Å²) in [4.78, 5) is 0.164. The molecule has 0 aliphatic heterocycles. The van der Waals surface area contributed by atoms with Crippen molar-refractivity contribution in [3.8, 4) is 17.2 Å². The first-order valence-corrected chi connectivity index (χ1v) is 21.8. The number of rotatable bonds is 11. The molecule has 0 aliphatic carbocycles. The van der Waals surface area contributed by atoms with Gasteiger partial charge in [0, 0.05) is 0 Å². The fourth-order valence-corrected chi connectivity index (χ4v) is 9.39. The van der Waals surface area contributed by atoms with Crippen LogP contribution in [-0.2, 0) is 36.1 Å². The number of sulfone groups is 2. The zero-order chi connectivity index (χ0) is 44.8. The third-order valence-corrected chi connectivity index (χ3v) is 14.0. The number of halogens is 6. The molecule has 6 aromatic carbocycles. The lowest BCUT2D eigenvalue weighted by Crippen LogP contribution is -2.54. The van der Waals surface area contributed by atoms with Crippen LogP contribution in [0.1, 0.15) is 62.4 Å². The molecule has 0 aromatic heterocycles. The SMILES string of the molecule is Cc1ccc(S(=O)(=O)c2ccc(C(C)(C)Oc3ccc(C(c4ccc(Oc5ccc(S(=O)(=O)c6ccc(C(C)(C)C)cc6)cc5)cc4)(C(F)(F)F)C(F)(F)F)cc3)cc2)cc1. The van der Waals surface area contributed by atoms with Gasteiger partial charge in [0.1, 0.15) is 22.8 Å². The summed E-state index contributed by atoms with van der Waals surface area (Å²) in [5.74, 6) is -0.0408. The third-order valence-electron chi connectivity index (χ3n) is 10.4. The number of ether oxygens (including phenoxy) is 2. The first-order valence-electron chi connectivity index (χ1n) is 18.9. The Hall–Kier alpha value is -5.60. The molecule has 6 aromatic rings. The van der Waals surface area contributed by atoms with E-state index in [-0.39, 0.29) is 42.2 Å². The number of aryl methyl sites for hydroxylation is 1. The fraction of sp³-hybridized carbons (Fsp3) is 0.234. The normalized spacial score (nSPS) is 13.2. The molecular weight excluding hydrogens is 839 g/mol. The van der Waals surface area contributed by atoms with Gasteiger partial charge >= 0.3 is 12.4 Å². The van der Waals surface area contributed by atoms with Gasteiger partial charge in [-0.15, -0.1) is 0 Å². The van der Waals surface area contributed by atoms with Crippen LogP contribution in [0.2, 0.25) is 0 Å². The van der Waals surface area contributed by atoms with E-state index >= 15 is 0 Å². The van der Waals surface area contributed by atoms with Crippen molar-refractivity contribution in [3.63, 3.8) is 0 Å². The lowest BCUT2D eigenvalue weighted by molar-refractivity contribution is -0.288. The second kappa shape index (κ2) is 16.0. The van der Waals surface area contributed by atoms with Gasteiger partial charge in [0.05, 0.1) is 19.6 Å². The van der Waals surface area contributed by atoms with Crippen molar-refractivity contribution in [1.82, 2.24) is 0 Å². The second-order valence-electron chi connectivity index (χ2n) is 16.1. The summed E-state index contributed by atoms with van der Waals surface area (Å²) in [5, 5.41) is 0. The van der Waals surface area contributed by atoms with Gasteiger partial charge in [-0.2, -0.15) is 26.3 Å². The summed E-state index contributed by atoms with van der Waals surface area (Å²) in [6.07, 6.45) is -11.7. The summed E-state index contributed by atoms with van der Waals surface area (Å²) in [7, 11) is -7.73. The van der Waals surface area contributed by atoms with E-state index in [1.165, 1.54) is 72.8 Å². The van der Waals surface area contributed by atoms with E-state index in [9.17, 15) is 43.2 Å². The van der Waals surface area contributed by atoms with E-state index in [0.29, 0.717) is 29.8 Å². The van der Waals surface area contributed by atoms with Crippen LogP contribution in [0, 0.1) is 6.92 Å². The van der Waals surface area contributed by atoms with Crippen LogP contribution in [0.5, 0.6) is 17.2 Å². The molecule has 0 unspecified atom stereocenters. The van der Waals surface area contributed by atoms with Gasteiger partial charge < -0.3 is 9.47 Å². The fourth-order valence-electron chi connectivity index (χ4n) is 6.86. The van der Waals surface area contributed by atoms with Crippen LogP contribution in [0.15, 0.2) is 165 Å². The second-order valence-corrected chi connectivity index (χ2v) is 20.0. The molecule has 6 nitrogen and oxygen atoms in total. The zero-order valence-electron chi connectivity index (χ0n) is 33.9. The maximum absolute atomic E-state index is 15.0. The Labute approximate surface area is 351 Å². The number of hydrogen-bond acceptors (Lipinski definition) is 6. The highest BCUT2D eigenvalue weighted by Crippen LogP contribution is 2.56. The van der Waals surface area contributed by atoms with Gasteiger partial charge in [-0.25, -0.2) is 16.8 Å². The molecule has 0 saturated heterocycles. The van der Waals surface area contributed by atoms with Crippen LogP contribution in [0.3, 0.4) is 0 Å². The molecule has 320 valence electrons. The van der Waals surface area contributed by atoms with Crippen molar-refractivity contribution >= 4 is 19.7 Å². The van der Waals surface area contributed by atoms with E-state index in [1.54, 1.807) is 38.1 Å². The van der Waals surface area contributed by atoms with Gasteiger partial charge in [-0.1, -0.05) is 87.0 Å². The largest absolute Gasteiger partial charge is 0.483 e. The Bertz CT molecular complexity index is 2690. The molecule has 61 heavy (non-hydrogen) atoms. The van der Waals surface area contributed by atoms with Crippen molar-refractivity contribution in [2.24, 2.45) is 0 Å². The average molecular weight is 881 g/mol. The minimum atomic E-state index is -5.86. The van der Waals surface area contributed by atoms with Gasteiger partial charge in [0.15, 0.2) is 0 Å². The molecule has 0 atom stereocenters. The highest BCUT2D eigenvalue weighted by atomic mass is 32.2. The summed E-state index contributed by atoms with van der Waals surface area (Å²) in [6.45, 7) is 11.1. The summed E-state index contributed by atoms with van der Waals surface area (Å²) < 4.78 is 154. The predicted molar refractivity (Wildman–Crippen MR) is 220 cm³/mol. The predicted octanol–water partition coefficient (Wildman–Crippen LogP) is 12.5. The van der Waals surface area contributed by atoms with Gasteiger partial charge in [-0.3, -0.25) is 0 Å². The van der Waals surface area contributed by atoms with E-state index in [2.05, 4.69) is 0 Å². The molecule has 0 fully saturated rings. The Morgan fingerprint density at radius 2 is 0.689 bits per heavy atom. The number of alkyl halides is 6. The molecule has 6 rings (SSSR count). The number of hydrogen-bond donors (Lipinski definition) is 0. The number of benzene rings is 6. The van der Waals surface area contributed by atoms with Crippen LogP contribution in [0.4, 0.5) is 26.3 Å². The summed E-state index contributed by atoms with van der Waals surface area (Å²) in [5.41, 5.74) is -5.73. The summed E-state index contributed by atoms with van der Waals surface area (Å²) in [6, 6.07) is 30.7. The van der Waals surface area contributed by atoms with E-state index in [1.807, 2.05) is 27.7 Å². The Morgan fingerprint density at radius 3 is 1.05 bits per heavy atom. The van der Waals surface area contributed by atoms with E-state index in [4.69, 9.17) is 9.47 Å². The zero-order valence-corrected chi connectivity index (χ0v) is 35.5. The van der Waals surface area contributed by atoms with Gasteiger partial charge in [0.25, 0.3) is 0 Å². The molecule has 0 aliphatic rings. The highest BCUT2D eigenvalue weighted by molar-refractivity contribution is 7.91. The van der Waals surface area contributed by atoms with Crippen molar-refractivity contribution in [2.45, 2.75) is 89.9 Å². The first-order chi connectivity index (χ1) is 28.3. The van der Waals surface area contributed by atoms with Crippen LogP contribution >= 0.6 is 0 Å². The Balaban J connectivity index is 1.21. The first kappa shape index (κ1) is 44.9. The van der Waals surface area contributed by atoms with Crippen molar-refractivity contribution < 1.29 is 52.7 Å². The molecule has 14 heteroatoms. The van der Waals surface area contributed by atoms with Crippen molar-refractivity contribution in [1.29, 1.82) is 0 Å². The Kier molecular flexibility index (Phi) is 11.8. The minimum absolute atomic E-state index is 0.0241. The molecule has 0 N–H and O–H groups in total. The maximum atomic E-state index is 15.0. The van der Waals surface area contributed by atoms with Crippen molar-refractivity contribution in [3.05, 3.63) is 173 Å². The molecule has 0 spiro atoms. The molecule has 0 amide bonds. The van der Waals surface area contributed by atoms with E-state index < -0.39 is 54.2 Å².